The number of esters is 2. The van der Waals surface area contributed by atoms with Crippen LogP contribution in [0.15, 0.2) is 11.6 Å². The van der Waals surface area contributed by atoms with Crippen molar-refractivity contribution in [2.45, 2.75) is 26.4 Å². The van der Waals surface area contributed by atoms with Gasteiger partial charge < -0.3 is 9.47 Å². The maximum Gasteiger partial charge on any atom is 0.346 e. The number of carbonyl (C=O) groups is 2. The van der Waals surface area contributed by atoms with Gasteiger partial charge in [0.05, 0.1) is 6.61 Å². The van der Waals surface area contributed by atoms with E-state index in [1.807, 2.05) is 0 Å². The zero-order valence-corrected chi connectivity index (χ0v) is 7.92. The summed E-state index contributed by atoms with van der Waals surface area (Å²) in [5.74, 6) is -1.22. The van der Waals surface area contributed by atoms with Gasteiger partial charge in [0, 0.05) is 0 Å². The number of carbonyl (C=O) groups excluding carboxylic acids is 2. The maximum atomic E-state index is 11.2. The smallest absolute Gasteiger partial charge is 0.346 e. The Hall–Kier alpha value is -1.32. The van der Waals surface area contributed by atoms with Crippen molar-refractivity contribution in [2.75, 3.05) is 6.61 Å². The van der Waals surface area contributed by atoms with Crippen molar-refractivity contribution < 1.29 is 19.1 Å². The van der Waals surface area contributed by atoms with Gasteiger partial charge in [0.1, 0.15) is 11.2 Å². The van der Waals surface area contributed by atoms with Crippen LogP contribution in [0.25, 0.3) is 0 Å². The minimum atomic E-state index is -0.695. The molecule has 0 aliphatic carbocycles. The second-order valence-electron chi connectivity index (χ2n) is 3.27. The molecule has 13 heavy (non-hydrogen) atoms. The second-order valence-corrected chi connectivity index (χ2v) is 3.27. The largest absolute Gasteiger partial charge is 0.462 e. The highest BCUT2D eigenvalue weighted by atomic mass is 16.6. The lowest BCUT2D eigenvalue weighted by atomic mass is 10.1. The van der Waals surface area contributed by atoms with E-state index in [-0.39, 0.29) is 12.2 Å². The Morgan fingerprint density at radius 1 is 1.62 bits per heavy atom. The molecule has 4 heteroatoms. The Bertz CT molecular complexity index is 275. The maximum absolute atomic E-state index is 11.2. The van der Waals surface area contributed by atoms with Gasteiger partial charge in [0.15, 0.2) is 0 Å². The third-order valence-corrected chi connectivity index (χ3v) is 1.56. The van der Waals surface area contributed by atoms with Crippen LogP contribution in [0.2, 0.25) is 0 Å². The highest BCUT2D eigenvalue weighted by Crippen LogP contribution is 2.24. The summed E-state index contributed by atoms with van der Waals surface area (Å²) in [7, 11) is 0. The first-order chi connectivity index (χ1) is 5.96. The van der Waals surface area contributed by atoms with Gasteiger partial charge in [-0.15, -0.1) is 0 Å². The fourth-order valence-corrected chi connectivity index (χ4v) is 1.08. The molecule has 4 nitrogen and oxygen atoms in total. The molecule has 0 radical (unpaired) electrons. The molecule has 0 saturated heterocycles. The van der Waals surface area contributed by atoms with E-state index in [1.165, 1.54) is 6.08 Å². The van der Waals surface area contributed by atoms with E-state index < -0.39 is 17.5 Å². The number of cyclic esters (lactones) is 1. The predicted octanol–water partition coefficient (Wildman–Crippen LogP) is 0.811. The Kier molecular flexibility index (Phi) is 2.40. The average Bonchev–Trinajstić information content (AvgIpc) is 2.25. The van der Waals surface area contributed by atoms with Crippen LogP contribution in [0.4, 0.5) is 0 Å². The van der Waals surface area contributed by atoms with Gasteiger partial charge >= 0.3 is 11.9 Å². The molecular weight excluding hydrogens is 172 g/mol. The van der Waals surface area contributed by atoms with E-state index in [0.29, 0.717) is 0 Å². The van der Waals surface area contributed by atoms with Gasteiger partial charge in [0.25, 0.3) is 0 Å². The molecular formula is C9H12O4. The first-order valence-electron chi connectivity index (χ1n) is 4.09. The Morgan fingerprint density at radius 2 is 2.23 bits per heavy atom. The first kappa shape index (κ1) is 9.77. The van der Waals surface area contributed by atoms with E-state index >= 15 is 0 Å². The van der Waals surface area contributed by atoms with Gasteiger partial charge in [-0.1, -0.05) is 0 Å². The van der Waals surface area contributed by atoms with Gasteiger partial charge in [-0.05, 0) is 26.8 Å². The normalized spacial score (nSPS) is 19.3. The third kappa shape index (κ3) is 2.08. The van der Waals surface area contributed by atoms with E-state index in [1.54, 1.807) is 20.8 Å². The zero-order chi connectivity index (χ0) is 10.1. The molecule has 1 aliphatic rings. The summed E-state index contributed by atoms with van der Waals surface area (Å²) < 4.78 is 9.58. The van der Waals surface area contributed by atoms with E-state index in [9.17, 15) is 9.59 Å². The Morgan fingerprint density at radius 3 is 2.62 bits per heavy atom. The van der Waals surface area contributed by atoms with Gasteiger partial charge in [-0.25, -0.2) is 9.59 Å². The van der Waals surface area contributed by atoms with Crippen LogP contribution < -0.4 is 0 Å². The highest BCUT2D eigenvalue weighted by Gasteiger charge is 2.36. The summed E-state index contributed by atoms with van der Waals surface area (Å²) in [6.07, 6.45) is 1.48. The molecule has 1 aliphatic heterocycles. The van der Waals surface area contributed by atoms with Crippen LogP contribution in [0.5, 0.6) is 0 Å². The molecule has 0 bridgehead atoms. The number of rotatable bonds is 2. The van der Waals surface area contributed by atoms with Crippen molar-refractivity contribution in [3.63, 3.8) is 0 Å². The summed E-state index contributed by atoms with van der Waals surface area (Å²) in [5.41, 5.74) is -0.703. The third-order valence-electron chi connectivity index (χ3n) is 1.56. The summed E-state index contributed by atoms with van der Waals surface area (Å²) in [5, 5.41) is 0. The van der Waals surface area contributed by atoms with Crippen molar-refractivity contribution in [2.24, 2.45) is 0 Å². The monoisotopic (exact) mass is 184 g/mol. The van der Waals surface area contributed by atoms with Gasteiger partial charge in [-0.3, -0.25) is 0 Å². The van der Waals surface area contributed by atoms with Crippen LogP contribution in [0, 0.1) is 0 Å². The molecule has 1 rings (SSSR count). The SMILES string of the molecule is CCOC(=O)C1=CC(C)(C)OC1=O. The zero-order valence-electron chi connectivity index (χ0n) is 7.92. The fourth-order valence-electron chi connectivity index (χ4n) is 1.08. The molecule has 72 valence electrons. The van der Waals surface area contributed by atoms with Crippen LogP contribution in [-0.2, 0) is 19.1 Å². The number of hydrogen-bond acceptors (Lipinski definition) is 4. The number of ether oxygens (including phenoxy) is 2. The molecule has 0 spiro atoms. The summed E-state index contributed by atoms with van der Waals surface area (Å²) >= 11 is 0. The highest BCUT2D eigenvalue weighted by molar-refractivity contribution is 6.15. The van der Waals surface area contributed by atoms with Crippen molar-refractivity contribution in [3.8, 4) is 0 Å². The molecule has 0 aromatic heterocycles. The molecule has 1 heterocycles. The van der Waals surface area contributed by atoms with Crippen LogP contribution >= 0.6 is 0 Å². The Balaban J connectivity index is 2.81. The predicted molar refractivity (Wildman–Crippen MR) is 44.9 cm³/mol. The molecule has 0 saturated carbocycles. The molecule has 0 atom stereocenters. The van der Waals surface area contributed by atoms with Crippen molar-refractivity contribution in [1.29, 1.82) is 0 Å². The molecule has 0 fully saturated rings. The quantitative estimate of drug-likeness (QED) is 0.470. The minimum Gasteiger partial charge on any atom is -0.462 e. The molecule has 0 aromatic carbocycles. The van der Waals surface area contributed by atoms with Gasteiger partial charge in [-0.2, -0.15) is 0 Å². The standard InChI is InChI=1S/C9H12O4/c1-4-12-7(10)6-5-9(2,3)13-8(6)11/h5H,4H2,1-3H3. The topological polar surface area (TPSA) is 52.6 Å². The molecule has 0 unspecified atom stereocenters. The molecule has 0 amide bonds. The lowest BCUT2D eigenvalue weighted by Gasteiger charge is -2.12. The van der Waals surface area contributed by atoms with Crippen LogP contribution in [0.1, 0.15) is 20.8 Å². The first-order valence-corrected chi connectivity index (χ1v) is 4.09. The average molecular weight is 184 g/mol. The van der Waals surface area contributed by atoms with E-state index in [0.717, 1.165) is 0 Å². The lowest BCUT2D eigenvalue weighted by Crippen LogP contribution is -2.18. The van der Waals surface area contributed by atoms with Crippen LogP contribution in [0.3, 0.4) is 0 Å². The number of hydrogen-bond donors (Lipinski definition) is 0. The lowest BCUT2D eigenvalue weighted by molar-refractivity contribution is -0.148. The fraction of sp³-hybridized carbons (Fsp3) is 0.556. The van der Waals surface area contributed by atoms with Crippen molar-refractivity contribution in [1.82, 2.24) is 0 Å². The van der Waals surface area contributed by atoms with Crippen molar-refractivity contribution >= 4 is 11.9 Å². The molecule has 0 aromatic rings. The van der Waals surface area contributed by atoms with E-state index in [2.05, 4.69) is 4.74 Å². The molecule has 0 N–H and O–H groups in total. The van der Waals surface area contributed by atoms with Crippen LogP contribution in [-0.4, -0.2) is 24.1 Å². The summed E-state index contributed by atoms with van der Waals surface area (Å²) in [4.78, 5) is 22.3. The van der Waals surface area contributed by atoms with Gasteiger partial charge in [0.2, 0.25) is 0 Å². The second kappa shape index (κ2) is 3.20. The van der Waals surface area contributed by atoms with E-state index in [4.69, 9.17) is 4.74 Å². The summed E-state index contributed by atoms with van der Waals surface area (Å²) in [6, 6.07) is 0. The minimum absolute atomic E-state index is 0.00755. The Labute approximate surface area is 76.5 Å². The summed E-state index contributed by atoms with van der Waals surface area (Å²) in [6.45, 7) is 5.35. The van der Waals surface area contributed by atoms with Crippen molar-refractivity contribution in [3.05, 3.63) is 11.6 Å².